The van der Waals surface area contributed by atoms with Crippen molar-refractivity contribution in [2.24, 2.45) is 12.5 Å². The lowest BCUT2D eigenvalue weighted by molar-refractivity contribution is 0.238. The first-order chi connectivity index (χ1) is 10.8. The second kappa shape index (κ2) is 5.92. The van der Waals surface area contributed by atoms with Crippen molar-refractivity contribution in [1.29, 1.82) is 0 Å². The first-order valence-corrected chi connectivity index (χ1v) is 9.57. The molecule has 1 unspecified atom stereocenters. The highest BCUT2D eigenvalue weighted by atomic mass is 32.2. The smallest absolute Gasteiger partial charge is 0.242 e. The van der Waals surface area contributed by atoms with E-state index in [0.717, 1.165) is 42.5 Å². The number of hydrogen-bond acceptors (Lipinski definition) is 3. The van der Waals surface area contributed by atoms with Crippen molar-refractivity contribution in [3.63, 3.8) is 0 Å². The molecule has 1 aromatic carbocycles. The van der Waals surface area contributed by atoms with Gasteiger partial charge >= 0.3 is 0 Å². The molecule has 0 spiro atoms. The van der Waals surface area contributed by atoms with E-state index in [2.05, 4.69) is 17.0 Å². The van der Waals surface area contributed by atoms with Gasteiger partial charge in [-0.3, -0.25) is 0 Å². The fourth-order valence-electron chi connectivity index (χ4n) is 3.44. The Morgan fingerprint density at radius 2 is 2.09 bits per heavy atom. The third-order valence-corrected chi connectivity index (χ3v) is 6.56. The third kappa shape index (κ3) is 3.03. The minimum absolute atomic E-state index is 0.0240. The molecule has 0 amide bonds. The summed E-state index contributed by atoms with van der Waals surface area (Å²) in [6.45, 7) is 6.33. The van der Waals surface area contributed by atoms with Crippen molar-refractivity contribution in [2.45, 2.75) is 31.6 Å². The van der Waals surface area contributed by atoms with Gasteiger partial charge in [0.15, 0.2) is 0 Å². The van der Waals surface area contributed by atoms with Gasteiger partial charge in [0, 0.05) is 36.7 Å². The van der Waals surface area contributed by atoms with Crippen LogP contribution in [0, 0.1) is 12.3 Å². The van der Waals surface area contributed by atoms with Gasteiger partial charge in [0.25, 0.3) is 0 Å². The van der Waals surface area contributed by atoms with Crippen molar-refractivity contribution >= 4 is 20.9 Å². The van der Waals surface area contributed by atoms with Crippen LogP contribution in [0.25, 0.3) is 10.9 Å². The number of hydrogen-bond donors (Lipinski definition) is 2. The van der Waals surface area contributed by atoms with E-state index in [1.807, 2.05) is 42.8 Å². The predicted molar refractivity (Wildman–Crippen MR) is 93.1 cm³/mol. The van der Waals surface area contributed by atoms with E-state index < -0.39 is 10.0 Å². The quantitative estimate of drug-likeness (QED) is 0.900. The van der Waals surface area contributed by atoms with Gasteiger partial charge < -0.3 is 9.88 Å². The second-order valence-electron chi connectivity index (χ2n) is 6.91. The molecule has 3 rings (SSSR count). The summed E-state index contributed by atoms with van der Waals surface area (Å²) in [5.41, 5.74) is 1.69. The lowest BCUT2D eigenvalue weighted by Gasteiger charge is -2.34. The van der Waals surface area contributed by atoms with E-state index in [0.29, 0.717) is 11.4 Å². The molecule has 5 nitrogen and oxygen atoms in total. The van der Waals surface area contributed by atoms with Gasteiger partial charge in [-0.2, -0.15) is 0 Å². The van der Waals surface area contributed by atoms with Crippen LogP contribution in [0.4, 0.5) is 0 Å². The largest absolute Gasteiger partial charge is 0.347 e. The van der Waals surface area contributed by atoms with Crippen molar-refractivity contribution in [2.75, 3.05) is 19.6 Å². The Kier molecular flexibility index (Phi) is 4.25. The van der Waals surface area contributed by atoms with Crippen LogP contribution in [0.3, 0.4) is 0 Å². The number of rotatable bonds is 4. The molecule has 1 aliphatic rings. The van der Waals surface area contributed by atoms with Crippen LogP contribution in [0.5, 0.6) is 0 Å². The van der Waals surface area contributed by atoms with Crippen LogP contribution >= 0.6 is 0 Å². The fourth-order valence-corrected chi connectivity index (χ4v) is 5.11. The molecule has 0 bridgehead atoms. The highest BCUT2D eigenvalue weighted by Crippen LogP contribution is 2.30. The molecule has 1 atom stereocenters. The molecule has 0 radical (unpaired) electrons. The maximum absolute atomic E-state index is 12.9. The zero-order chi connectivity index (χ0) is 16.7. The van der Waals surface area contributed by atoms with E-state index >= 15 is 0 Å². The Hall–Kier alpha value is -1.37. The Bertz CT molecular complexity index is 818. The standard InChI is InChI=1S/C17H25N3O2S/c1-13-16(14-7-4-5-8-15(14)20(13)3)23(21,22)19-12-17(2)9-6-10-18-11-17/h4-5,7-8,18-19H,6,9-12H2,1-3H3. The highest BCUT2D eigenvalue weighted by Gasteiger charge is 2.30. The van der Waals surface area contributed by atoms with Gasteiger partial charge in [0.05, 0.1) is 0 Å². The normalized spacial score (nSPS) is 22.6. The average Bonchev–Trinajstić information content (AvgIpc) is 2.79. The number of aromatic nitrogens is 1. The summed E-state index contributed by atoms with van der Waals surface area (Å²) < 4.78 is 30.6. The summed E-state index contributed by atoms with van der Waals surface area (Å²) in [5.74, 6) is 0. The van der Waals surface area contributed by atoms with Crippen LogP contribution < -0.4 is 10.0 Å². The minimum atomic E-state index is -3.53. The lowest BCUT2D eigenvalue weighted by Crippen LogP contribution is -2.45. The van der Waals surface area contributed by atoms with Crippen LogP contribution in [0.15, 0.2) is 29.2 Å². The number of fused-ring (bicyclic) bond motifs is 1. The Morgan fingerprint density at radius 1 is 1.35 bits per heavy atom. The zero-order valence-corrected chi connectivity index (χ0v) is 14.8. The summed E-state index contributed by atoms with van der Waals surface area (Å²) in [7, 11) is -1.63. The molecule has 126 valence electrons. The number of nitrogens with zero attached hydrogens (tertiary/aromatic N) is 1. The van der Waals surface area contributed by atoms with Crippen molar-refractivity contribution < 1.29 is 8.42 Å². The van der Waals surface area contributed by atoms with Gasteiger partial charge in [0.1, 0.15) is 4.90 Å². The summed E-state index contributed by atoms with van der Waals surface area (Å²) >= 11 is 0. The van der Waals surface area contributed by atoms with E-state index in [1.54, 1.807) is 0 Å². The molecule has 1 saturated heterocycles. The van der Waals surface area contributed by atoms with E-state index in [4.69, 9.17) is 0 Å². The predicted octanol–water partition coefficient (Wildman–Crippen LogP) is 2.15. The first kappa shape index (κ1) is 16.5. The molecule has 1 aliphatic heterocycles. The maximum Gasteiger partial charge on any atom is 0.242 e. The Balaban J connectivity index is 1.93. The molecule has 23 heavy (non-hydrogen) atoms. The molecule has 0 saturated carbocycles. The number of nitrogens with one attached hydrogen (secondary N) is 2. The number of sulfonamides is 1. The highest BCUT2D eigenvalue weighted by molar-refractivity contribution is 7.89. The molecular formula is C17H25N3O2S. The second-order valence-corrected chi connectivity index (χ2v) is 8.61. The third-order valence-electron chi connectivity index (χ3n) is 4.99. The first-order valence-electron chi connectivity index (χ1n) is 8.08. The van der Waals surface area contributed by atoms with Gasteiger partial charge in [-0.15, -0.1) is 0 Å². The zero-order valence-electron chi connectivity index (χ0n) is 14.0. The fraction of sp³-hybridized carbons (Fsp3) is 0.529. The van der Waals surface area contributed by atoms with Crippen molar-refractivity contribution in [3.8, 4) is 0 Å². The van der Waals surface area contributed by atoms with Gasteiger partial charge in [-0.1, -0.05) is 25.1 Å². The summed E-state index contributed by atoms with van der Waals surface area (Å²) in [6, 6.07) is 7.64. The van der Waals surface area contributed by atoms with Gasteiger partial charge in [-0.25, -0.2) is 13.1 Å². The number of piperidine rings is 1. The molecule has 2 N–H and O–H groups in total. The molecule has 6 heteroatoms. The summed E-state index contributed by atoms with van der Waals surface area (Å²) in [4.78, 5) is 0.406. The average molecular weight is 335 g/mol. The van der Waals surface area contributed by atoms with Crippen molar-refractivity contribution in [3.05, 3.63) is 30.0 Å². The monoisotopic (exact) mass is 335 g/mol. The molecular weight excluding hydrogens is 310 g/mol. The number of para-hydroxylation sites is 1. The lowest BCUT2D eigenvalue weighted by atomic mass is 9.83. The van der Waals surface area contributed by atoms with Gasteiger partial charge in [0.2, 0.25) is 10.0 Å². The molecule has 2 heterocycles. The molecule has 0 aliphatic carbocycles. The van der Waals surface area contributed by atoms with E-state index in [9.17, 15) is 8.42 Å². The summed E-state index contributed by atoms with van der Waals surface area (Å²) in [6.07, 6.45) is 2.13. The maximum atomic E-state index is 12.9. The Labute approximate surface area is 138 Å². The molecule has 1 aromatic heterocycles. The van der Waals surface area contributed by atoms with Crippen LogP contribution in [0.1, 0.15) is 25.5 Å². The van der Waals surface area contributed by atoms with Crippen LogP contribution in [0.2, 0.25) is 0 Å². The molecule has 2 aromatic rings. The topological polar surface area (TPSA) is 63.1 Å². The van der Waals surface area contributed by atoms with Gasteiger partial charge in [-0.05, 0) is 37.8 Å². The number of aryl methyl sites for hydroxylation is 1. The van der Waals surface area contributed by atoms with E-state index in [1.165, 1.54) is 0 Å². The SMILES string of the molecule is Cc1c(S(=O)(=O)NCC2(C)CCCNC2)c2ccccc2n1C. The van der Waals surface area contributed by atoms with E-state index in [-0.39, 0.29) is 5.41 Å². The molecule has 1 fully saturated rings. The van der Waals surface area contributed by atoms with Crippen LogP contribution in [-0.2, 0) is 17.1 Å². The summed E-state index contributed by atoms with van der Waals surface area (Å²) in [5, 5.41) is 4.14. The number of benzene rings is 1. The van der Waals surface area contributed by atoms with Crippen LogP contribution in [-0.4, -0.2) is 32.6 Å². The Morgan fingerprint density at radius 3 is 2.78 bits per heavy atom. The minimum Gasteiger partial charge on any atom is -0.347 e. The van der Waals surface area contributed by atoms with Crippen molar-refractivity contribution in [1.82, 2.24) is 14.6 Å².